The lowest BCUT2D eigenvalue weighted by molar-refractivity contribution is 0.0697. The van der Waals surface area contributed by atoms with Crippen LogP contribution in [0.3, 0.4) is 0 Å². The Hall–Kier alpha value is -2.47. The molecule has 1 N–H and O–H groups in total. The fourth-order valence-corrected chi connectivity index (χ4v) is 2.74. The number of benzene rings is 1. The monoisotopic (exact) mass is 299 g/mol. The number of nitrogens with zero attached hydrogens (tertiary/aromatic N) is 3. The number of pyridine rings is 1. The van der Waals surface area contributed by atoms with E-state index in [4.69, 9.17) is 0 Å². The summed E-state index contributed by atoms with van der Waals surface area (Å²) in [7, 11) is 1.82. The van der Waals surface area contributed by atoms with E-state index in [0.717, 1.165) is 16.6 Å². The van der Waals surface area contributed by atoms with Crippen LogP contribution in [0.4, 0.5) is 5.82 Å². The third-order valence-corrected chi connectivity index (χ3v) is 3.81. The minimum absolute atomic E-state index is 0.200. The Morgan fingerprint density at radius 1 is 1.38 bits per heavy atom. The van der Waals surface area contributed by atoms with Gasteiger partial charge >= 0.3 is 5.97 Å². The summed E-state index contributed by atoms with van der Waals surface area (Å²) >= 11 is 1.52. The molecule has 0 aliphatic rings. The van der Waals surface area contributed by atoms with Crippen molar-refractivity contribution in [3.05, 3.63) is 52.5 Å². The molecule has 0 unspecified atom stereocenters. The predicted octanol–water partition coefficient (Wildman–Crippen LogP) is 3.03. The summed E-state index contributed by atoms with van der Waals surface area (Å²) in [5.41, 5.74) is 3.64. The molecule has 106 valence electrons. The van der Waals surface area contributed by atoms with E-state index in [-0.39, 0.29) is 5.56 Å². The first-order valence-corrected chi connectivity index (χ1v) is 7.30. The van der Waals surface area contributed by atoms with E-state index in [9.17, 15) is 9.90 Å². The largest absolute Gasteiger partial charge is 0.478 e. The number of fused-ring (bicyclic) bond motifs is 1. The topological polar surface area (TPSA) is 66.3 Å². The second-order valence-electron chi connectivity index (χ2n) is 4.69. The van der Waals surface area contributed by atoms with E-state index in [2.05, 4.69) is 9.97 Å². The Bertz CT molecular complexity index is 787. The highest BCUT2D eigenvalue weighted by Crippen LogP contribution is 2.24. The molecule has 0 amide bonds. The normalized spacial score (nSPS) is 10.7. The highest BCUT2D eigenvalue weighted by atomic mass is 32.1. The van der Waals surface area contributed by atoms with Gasteiger partial charge in [-0.05, 0) is 12.1 Å². The van der Waals surface area contributed by atoms with Crippen molar-refractivity contribution in [3.8, 4) is 0 Å². The molecular weight excluding hydrogens is 286 g/mol. The predicted molar refractivity (Wildman–Crippen MR) is 82.9 cm³/mol. The number of carboxylic acids is 1. The molecule has 3 rings (SSSR count). The SMILES string of the molecule is CN(Cc1cscn1)c1nc2ccccc2cc1C(=O)O. The Morgan fingerprint density at radius 3 is 2.90 bits per heavy atom. The average Bonchev–Trinajstić information content (AvgIpc) is 2.98. The molecule has 0 bridgehead atoms. The molecule has 3 aromatic rings. The van der Waals surface area contributed by atoms with Gasteiger partial charge in [0.05, 0.1) is 23.3 Å². The molecule has 2 heterocycles. The smallest absolute Gasteiger partial charge is 0.339 e. The lowest BCUT2D eigenvalue weighted by Gasteiger charge is -2.19. The molecule has 0 atom stereocenters. The van der Waals surface area contributed by atoms with E-state index in [1.54, 1.807) is 11.6 Å². The van der Waals surface area contributed by atoms with Crippen molar-refractivity contribution < 1.29 is 9.90 Å². The molecule has 5 nitrogen and oxygen atoms in total. The van der Waals surface area contributed by atoms with Crippen molar-refractivity contribution in [1.29, 1.82) is 0 Å². The molecule has 2 aromatic heterocycles. The van der Waals surface area contributed by atoms with E-state index in [0.29, 0.717) is 12.4 Å². The maximum absolute atomic E-state index is 11.5. The van der Waals surface area contributed by atoms with Crippen LogP contribution in [-0.2, 0) is 6.54 Å². The first kappa shape index (κ1) is 13.5. The van der Waals surface area contributed by atoms with Gasteiger partial charge in [-0.3, -0.25) is 0 Å². The van der Waals surface area contributed by atoms with Crippen molar-refractivity contribution in [2.75, 3.05) is 11.9 Å². The van der Waals surface area contributed by atoms with Crippen molar-refractivity contribution in [2.24, 2.45) is 0 Å². The molecule has 0 aliphatic carbocycles. The van der Waals surface area contributed by atoms with E-state index >= 15 is 0 Å². The van der Waals surface area contributed by atoms with Crippen LogP contribution in [-0.4, -0.2) is 28.1 Å². The number of carboxylic acid groups (broad SMARTS) is 1. The van der Waals surface area contributed by atoms with Crippen LogP contribution >= 0.6 is 11.3 Å². The van der Waals surface area contributed by atoms with Gasteiger partial charge in [0.1, 0.15) is 11.4 Å². The fourth-order valence-electron chi connectivity index (χ4n) is 2.19. The van der Waals surface area contributed by atoms with Gasteiger partial charge in [-0.15, -0.1) is 11.3 Å². The molecule has 0 saturated carbocycles. The van der Waals surface area contributed by atoms with Crippen LogP contribution in [0.2, 0.25) is 0 Å². The molecule has 0 spiro atoms. The number of hydrogen-bond donors (Lipinski definition) is 1. The van der Waals surface area contributed by atoms with Crippen LogP contribution < -0.4 is 4.90 Å². The molecule has 0 radical (unpaired) electrons. The molecule has 0 fully saturated rings. The Balaban J connectivity index is 2.06. The minimum atomic E-state index is -0.978. The highest BCUT2D eigenvalue weighted by molar-refractivity contribution is 7.07. The second kappa shape index (κ2) is 5.49. The van der Waals surface area contributed by atoms with Crippen LogP contribution in [0, 0.1) is 0 Å². The van der Waals surface area contributed by atoms with Crippen LogP contribution in [0.1, 0.15) is 16.1 Å². The summed E-state index contributed by atoms with van der Waals surface area (Å²) in [5.74, 6) is -0.525. The van der Waals surface area contributed by atoms with Gasteiger partial charge in [0.15, 0.2) is 0 Å². The van der Waals surface area contributed by atoms with E-state index in [1.165, 1.54) is 11.3 Å². The van der Waals surface area contributed by atoms with Crippen LogP contribution in [0.25, 0.3) is 10.9 Å². The second-order valence-corrected chi connectivity index (χ2v) is 5.41. The van der Waals surface area contributed by atoms with E-state index in [1.807, 2.05) is 41.6 Å². The molecule has 0 aliphatic heterocycles. The third kappa shape index (κ3) is 2.71. The number of thiazole rings is 1. The number of aromatic nitrogens is 2. The summed E-state index contributed by atoms with van der Waals surface area (Å²) in [5, 5.41) is 12.2. The van der Waals surface area contributed by atoms with Gasteiger partial charge in [0, 0.05) is 17.8 Å². The van der Waals surface area contributed by atoms with Crippen molar-refractivity contribution in [1.82, 2.24) is 9.97 Å². The fraction of sp³-hybridized carbons (Fsp3) is 0.133. The lowest BCUT2D eigenvalue weighted by atomic mass is 10.1. The summed E-state index contributed by atoms with van der Waals surface area (Å²) in [6, 6.07) is 9.16. The Labute approximate surface area is 125 Å². The van der Waals surface area contributed by atoms with Crippen molar-refractivity contribution in [2.45, 2.75) is 6.54 Å². The number of hydrogen-bond acceptors (Lipinski definition) is 5. The lowest BCUT2D eigenvalue weighted by Crippen LogP contribution is -2.21. The maximum atomic E-state index is 11.5. The van der Waals surface area contributed by atoms with Crippen LogP contribution in [0.15, 0.2) is 41.2 Å². The number of aromatic carboxylic acids is 1. The minimum Gasteiger partial charge on any atom is -0.478 e. The number of para-hydroxylation sites is 1. The maximum Gasteiger partial charge on any atom is 0.339 e. The zero-order valence-corrected chi connectivity index (χ0v) is 12.2. The van der Waals surface area contributed by atoms with Gasteiger partial charge in [-0.25, -0.2) is 14.8 Å². The zero-order valence-electron chi connectivity index (χ0n) is 11.4. The number of carbonyl (C=O) groups is 1. The van der Waals surface area contributed by atoms with Gasteiger partial charge in [-0.2, -0.15) is 0 Å². The number of anilines is 1. The first-order chi connectivity index (χ1) is 10.1. The van der Waals surface area contributed by atoms with E-state index < -0.39 is 5.97 Å². The summed E-state index contributed by atoms with van der Waals surface area (Å²) in [6.07, 6.45) is 0. The van der Waals surface area contributed by atoms with Gasteiger partial charge in [-0.1, -0.05) is 18.2 Å². The van der Waals surface area contributed by atoms with Crippen molar-refractivity contribution >= 4 is 34.0 Å². The van der Waals surface area contributed by atoms with Crippen LogP contribution in [0.5, 0.6) is 0 Å². The molecular formula is C15H13N3O2S. The molecule has 21 heavy (non-hydrogen) atoms. The summed E-state index contributed by atoms with van der Waals surface area (Å²) in [4.78, 5) is 22.0. The Morgan fingerprint density at radius 2 is 2.19 bits per heavy atom. The molecule has 0 saturated heterocycles. The van der Waals surface area contributed by atoms with Gasteiger partial charge in [0.2, 0.25) is 0 Å². The summed E-state index contributed by atoms with van der Waals surface area (Å²) in [6.45, 7) is 0.523. The summed E-state index contributed by atoms with van der Waals surface area (Å²) < 4.78 is 0. The average molecular weight is 299 g/mol. The van der Waals surface area contributed by atoms with Crippen molar-refractivity contribution in [3.63, 3.8) is 0 Å². The third-order valence-electron chi connectivity index (χ3n) is 3.18. The van der Waals surface area contributed by atoms with Gasteiger partial charge < -0.3 is 10.0 Å². The van der Waals surface area contributed by atoms with Gasteiger partial charge in [0.25, 0.3) is 0 Å². The standard InChI is InChI=1S/C15H13N3O2S/c1-18(7-11-8-21-9-16-11)14-12(15(19)20)6-10-4-2-3-5-13(10)17-14/h2-6,8-9H,7H2,1H3,(H,19,20). The first-order valence-electron chi connectivity index (χ1n) is 6.36. The highest BCUT2D eigenvalue weighted by Gasteiger charge is 2.17. The zero-order chi connectivity index (χ0) is 14.8. The number of rotatable bonds is 4. The quantitative estimate of drug-likeness (QED) is 0.802. The molecule has 6 heteroatoms. The Kier molecular flexibility index (Phi) is 3.53. The molecule has 1 aromatic carbocycles.